The van der Waals surface area contributed by atoms with Crippen LogP contribution in [0.15, 0.2) is 28.7 Å². The van der Waals surface area contributed by atoms with Gasteiger partial charge in [-0.3, -0.25) is 9.69 Å². The van der Waals surface area contributed by atoms with Gasteiger partial charge in [0.1, 0.15) is 6.04 Å². The van der Waals surface area contributed by atoms with Crippen molar-refractivity contribution in [3.63, 3.8) is 0 Å². The van der Waals surface area contributed by atoms with Gasteiger partial charge in [0.05, 0.1) is 0 Å². The Morgan fingerprint density at radius 2 is 1.94 bits per heavy atom. The number of benzene rings is 1. The molecule has 1 unspecified atom stereocenters. The lowest BCUT2D eigenvalue weighted by Crippen LogP contribution is -2.35. The number of hydrogen-bond acceptors (Lipinski definition) is 2. The molecule has 0 heterocycles. The summed E-state index contributed by atoms with van der Waals surface area (Å²) in [5.74, 6) is -0.762. The van der Waals surface area contributed by atoms with Gasteiger partial charge in [-0.15, -0.1) is 0 Å². The molecule has 16 heavy (non-hydrogen) atoms. The molecular weight excluding hydrogens is 270 g/mol. The zero-order valence-electron chi connectivity index (χ0n) is 9.48. The highest BCUT2D eigenvalue weighted by atomic mass is 79.9. The van der Waals surface area contributed by atoms with E-state index in [9.17, 15) is 4.79 Å². The third-order valence-electron chi connectivity index (χ3n) is 2.53. The van der Waals surface area contributed by atoms with Crippen LogP contribution in [0.25, 0.3) is 0 Å². The van der Waals surface area contributed by atoms with Crippen LogP contribution in [0.2, 0.25) is 0 Å². The Morgan fingerprint density at radius 3 is 2.38 bits per heavy atom. The molecule has 88 valence electrons. The van der Waals surface area contributed by atoms with Gasteiger partial charge < -0.3 is 5.11 Å². The Balaban J connectivity index is 2.55. The van der Waals surface area contributed by atoms with E-state index in [1.165, 1.54) is 0 Å². The van der Waals surface area contributed by atoms with Crippen molar-refractivity contribution in [2.45, 2.75) is 18.9 Å². The van der Waals surface area contributed by atoms with Crippen molar-refractivity contribution < 1.29 is 9.90 Å². The molecule has 0 radical (unpaired) electrons. The lowest BCUT2D eigenvalue weighted by molar-refractivity contribution is -0.142. The summed E-state index contributed by atoms with van der Waals surface area (Å²) in [5.41, 5.74) is 1.16. The van der Waals surface area contributed by atoms with E-state index in [4.69, 9.17) is 5.11 Å². The van der Waals surface area contributed by atoms with Crippen LogP contribution in [0.1, 0.15) is 12.0 Å². The first kappa shape index (κ1) is 13.2. The largest absolute Gasteiger partial charge is 0.480 e. The summed E-state index contributed by atoms with van der Waals surface area (Å²) in [6, 6.07) is 7.56. The molecule has 0 aliphatic rings. The molecule has 1 N–H and O–H groups in total. The molecule has 0 saturated heterocycles. The summed E-state index contributed by atoms with van der Waals surface area (Å²) < 4.78 is 1.04. The molecule has 1 rings (SSSR count). The molecule has 0 spiro atoms. The Labute approximate surface area is 104 Å². The van der Waals surface area contributed by atoms with E-state index in [0.29, 0.717) is 6.42 Å². The van der Waals surface area contributed by atoms with Crippen LogP contribution < -0.4 is 0 Å². The first-order chi connectivity index (χ1) is 7.50. The van der Waals surface area contributed by atoms with Crippen LogP contribution in [0.3, 0.4) is 0 Å². The molecule has 0 aliphatic carbocycles. The zero-order chi connectivity index (χ0) is 12.1. The molecule has 1 aromatic carbocycles. The van der Waals surface area contributed by atoms with Crippen LogP contribution in [0, 0.1) is 0 Å². The standard InChI is InChI=1S/C12H16BrNO2/c1-14(2)11(12(15)16)8-5-9-3-6-10(13)7-4-9/h3-4,6-7,11H,5,8H2,1-2H3,(H,15,16). The molecular formula is C12H16BrNO2. The van der Waals surface area contributed by atoms with Crippen molar-refractivity contribution in [1.29, 1.82) is 0 Å². The van der Waals surface area contributed by atoms with Crippen molar-refractivity contribution >= 4 is 21.9 Å². The molecule has 1 aromatic rings. The average Bonchev–Trinajstić information content (AvgIpc) is 2.20. The van der Waals surface area contributed by atoms with E-state index in [-0.39, 0.29) is 0 Å². The second kappa shape index (κ2) is 6.01. The third-order valence-corrected chi connectivity index (χ3v) is 3.06. The molecule has 0 amide bonds. The number of aliphatic carboxylic acids is 1. The SMILES string of the molecule is CN(C)C(CCc1ccc(Br)cc1)C(=O)O. The summed E-state index contributed by atoms with van der Waals surface area (Å²) in [6.07, 6.45) is 1.41. The summed E-state index contributed by atoms with van der Waals surface area (Å²) >= 11 is 3.37. The molecule has 0 saturated carbocycles. The van der Waals surface area contributed by atoms with Gasteiger partial charge in [0.2, 0.25) is 0 Å². The van der Waals surface area contributed by atoms with Gasteiger partial charge in [-0.2, -0.15) is 0 Å². The van der Waals surface area contributed by atoms with Crippen molar-refractivity contribution in [1.82, 2.24) is 4.90 Å². The summed E-state index contributed by atoms with van der Waals surface area (Å²) in [6.45, 7) is 0. The molecule has 0 aliphatic heterocycles. The van der Waals surface area contributed by atoms with Crippen molar-refractivity contribution in [2.24, 2.45) is 0 Å². The predicted octanol–water partition coefficient (Wildman–Crippen LogP) is 2.40. The van der Waals surface area contributed by atoms with E-state index >= 15 is 0 Å². The van der Waals surface area contributed by atoms with E-state index in [1.807, 2.05) is 24.3 Å². The van der Waals surface area contributed by atoms with Gasteiger partial charge in [-0.1, -0.05) is 28.1 Å². The minimum atomic E-state index is -0.762. The topological polar surface area (TPSA) is 40.5 Å². The Bertz CT molecular complexity index is 349. The zero-order valence-corrected chi connectivity index (χ0v) is 11.1. The lowest BCUT2D eigenvalue weighted by Gasteiger charge is -2.19. The maximum atomic E-state index is 11.0. The molecule has 0 fully saturated rings. The highest BCUT2D eigenvalue weighted by molar-refractivity contribution is 9.10. The smallest absolute Gasteiger partial charge is 0.320 e. The molecule has 3 nitrogen and oxygen atoms in total. The van der Waals surface area contributed by atoms with Gasteiger partial charge in [0.15, 0.2) is 0 Å². The number of carboxylic acids is 1. The van der Waals surface area contributed by atoms with Gasteiger partial charge >= 0.3 is 5.97 Å². The Hall–Kier alpha value is -0.870. The van der Waals surface area contributed by atoms with E-state index < -0.39 is 12.0 Å². The number of rotatable bonds is 5. The number of hydrogen-bond donors (Lipinski definition) is 1. The van der Waals surface area contributed by atoms with Crippen molar-refractivity contribution in [3.8, 4) is 0 Å². The number of halogens is 1. The Kier molecular flexibility index (Phi) is 4.96. The fraction of sp³-hybridized carbons (Fsp3) is 0.417. The summed E-state index contributed by atoms with van der Waals surface area (Å²) in [5, 5.41) is 9.02. The highest BCUT2D eigenvalue weighted by Gasteiger charge is 2.18. The van der Waals surface area contributed by atoms with Crippen molar-refractivity contribution in [2.75, 3.05) is 14.1 Å². The number of likely N-dealkylation sites (N-methyl/N-ethyl adjacent to an activating group) is 1. The number of aryl methyl sites for hydroxylation is 1. The minimum absolute atomic E-state index is 0.413. The normalized spacial score (nSPS) is 12.8. The van der Waals surface area contributed by atoms with Gasteiger partial charge in [0.25, 0.3) is 0 Å². The van der Waals surface area contributed by atoms with Crippen LogP contribution >= 0.6 is 15.9 Å². The molecule has 0 bridgehead atoms. The second-order valence-corrected chi connectivity index (χ2v) is 4.90. The maximum Gasteiger partial charge on any atom is 0.320 e. The van der Waals surface area contributed by atoms with Crippen molar-refractivity contribution in [3.05, 3.63) is 34.3 Å². The van der Waals surface area contributed by atoms with Crippen LogP contribution in [0.4, 0.5) is 0 Å². The third kappa shape index (κ3) is 3.94. The fourth-order valence-electron chi connectivity index (χ4n) is 1.56. The lowest BCUT2D eigenvalue weighted by atomic mass is 10.0. The average molecular weight is 286 g/mol. The second-order valence-electron chi connectivity index (χ2n) is 3.98. The monoisotopic (exact) mass is 285 g/mol. The van der Waals surface area contributed by atoms with Gasteiger partial charge in [0, 0.05) is 4.47 Å². The Morgan fingerprint density at radius 1 is 1.38 bits per heavy atom. The molecule has 1 atom stereocenters. The minimum Gasteiger partial charge on any atom is -0.480 e. The molecule has 4 heteroatoms. The first-order valence-electron chi connectivity index (χ1n) is 5.14. The first-order valence-corrected chi connectivity index (χ1v) is 5.93. The summed E-state index contributed by atoms with van der Waals surface area (Å²) in [7, 11) is 3.58. The van der Waals surface area contributed by atoms with E-state index in [1.54, 1.807) is 19.0 Å². The van der Waals surface area contributed by atoms with E-state index in [0.717, 1.165) is 16.5 Å². The fourth-order valence-corrected chi connectivity index (χ4v) is 1.82. The van der Waals surface area contributed by atoms with Crippen LogP contribution in [0.5, 0.6) is 0 Å². The number of nitrogens with zero attached hydrogens (tertiary/aromatic N) is 1. The quantitative estimate of drug-likeness (QED) is 0.903. The maximum absolute atomic E-state index is 11.0. The van der Waals surface area contributed by atoms with Crippen LogP contribution in [-0.4, -0.2) is 36.1 Å². The van der Waals surface area contributed by atoms with Crippen LogP contribution in [-0.2, 0) is 11.2 Å². The summed E-state index contributed by atoms with van der Waals surface area (Å²) in [4.78, 5) is 12.7. The molecule has 0 aromatic heterocycles. The highest BCUT2D eigenvalue weighted by Crippen LogP contribution is 2.13. The van der Waals surface area contributed by atoms with Gasteiger partial charge in [-0.05, 0) is 44.6 Å². The number of carboxylic acid groups (broad SMARTS) is 1. The van der Waals surface area contributed by atoms with E-state index in [2.05, 4.69) is 15.9 Å². The predicted molar refractivity (Wildman–Crippen MR) is 67.6 cm³/mol. The number of carbonyl (C=O) groups is 1. The van der Waals surface area contributed by atoms with Gasteiger partial charge in [-0.25, -0.2) is 0 Å².